The normalized spacial score (nSPS) is 16.3. The van der Waals surface area contributed by atoms with Gasteiger partial charge >= 0.3 is 6.03 Å². The first-order valence-electron chi connectivity index (χ1n) is 6.21. The summed E-state index contributed by atoms with van der Waals surface area (Å²) < 4.78 is 5.36. The molecule has 0 saturated carbocycles. The number of halogens is 3. The van der Waals surface area contributed by atoms with Gasteiger partial charge in [0.25, 0.3) is 0 Å². The van der Waals surface area contributed by atoms with Crippen LogP contribution >= 0.6 is 34.8 Å². The Bertz CT molecular complexity index is 529. The highest BCUT2D eigenvalue weighted by molar-refractivity contribution is 6.48. The number of hydrogen-bond acceptors (Lipinski definition) is 2. The quantitative estimate of drug-likeness (QED) is 0.832. The minimum absolute atomic E-state index is 0.169. The molecule has 1 fully saturated rings. The van der Waals surface area contributed by atoms with Crippen molar-refractivity contribution in [3.8, 4) is 5.75 Å². The number of urea groups is 1. The van der Waals surface area contributed by atoms with E-state index in [4.69, 9.17) is 45.3 Å². The van der Waals surface area contributed by atoms with Crippen LogP contribution in [0.2, 0.25) is 15.1 Å². The van der Waals surface area contributed by atoms with Gasteiger partial charge in [-0.1, -0.05) is 34.8 Å². The Balaban J connectivity index is 2.30. The van der Waals surface area contributed by atoms with Crippen LogP contribution in [0.3, 0.4) is 0 Å². The summed E-state index contributed by atoms with van der Waals surface area (Å²) in [5.41, 5.74) is 6.13. The Labute approximate surface area is 132 Å². The van der Waals surface area contributed by atoms with E-state index < -0.39 is 6.03 Å². The van der Waals surface area contributed by atoms with Gasteiger partial charge in [0.1, 0.15) is 5.75 Å². The van der Waals surface area contributed by atoms with Crippen molar-refractivity contribution in [3.05, 3.63) is 26.7 Å². The van der Waals surface area contributed by atoms with E-state index in [0.717, 1.165) is 18.4 Å². The molecule has 1 aromatic rings. The van der Waals surface area contributed by atoms with Gasteiger partial charge < -0.3 is 15.4 Å². The Morgan fingerprint density at radius 3 is 2.40 bits per heavy atom. The lowest BCUT2D eigenvalue weighted by Gasteiger charge is -2.32. The molecule has 1 aromatic carbocycles. The van der Waals surface area contributed by atoms with E-state index in [9.17, 15) is 4.79 Å². The standard InChI is InChI=1S/C13H15Cl3N2O2/c1-20-9-6-8(14)11(15)12(16)10(9)7-2-4-18(5-3-7)13(17)19/h6-7H,2-5H2,1H3,(H2,17,19). The van der Waals surface area contributed by atoms with Crippen LogP contribution in [0, 0.1) is 0 Å². The maximum absolute atomic E-state index is 11.1. The third-order valence-electron chi connectivity index (χ3n) is 3.60. The van der Waals surface area contributed by atoms with Crippen molar-refractivity contribution in [2.75, 3.05) is 20.2 Å². The van der Waals surface area contributed by atoms with Gasteiger partial charge in [0.05, 0.1) is 22.2 Å². The number of hydrogen-bond donors (Lipinski definition) is 1. The third-order valence-corrected chi connectivity index (χ3v) is 4.87. The SMILES string of the molecule is COc1cc(Cl)c(Cl)c(Cl)c1C1CCN(C(N)=O)CC1. The van der Waals surface area contributed by atoms with Gasteiger partial charge in [0.2, 0.25) is 0 Å². The molecule has 0 radical (unpaired) electrons. The van der Waals surface area contributed by atoms with E-state index in [2.05, 4.69) is 0 Å². The molecule has 1 aliphatic rings. The fourth-order valence-electron chi connectivity index (χ4n) is 2.53. The molecule has 20 heavy (non-hydrogen) atoms. The van der Waals surface area contributed by atoms with Crippen LogP contribution in [0.1, 0.15) is 24.3 Å². The van der Waals surface area contributed by atoms with Crippen LogP contribution in [0.4, 0.5) is 4.79 Å². The predicted octanol–water partition coefficient (Wildman–Crippen LogP) is 3.91. The molecule has 0 spiro atoms. The number of benzene rings is 1. The lowest BCUT2D eigenvalue weighted by atomic mass is 9.88. The number of primary amides is 1. The van der Waals surface area contributed by atoms with Crippen molar-refractivity contribution >= 4 is 40.8 Å². The highest BCUT2D eigenvalue weighted by Gasteiger charge is 2.28. The highest BCUT2D eigenvalue weighted by atomic mass is 35.5. The number of amides is 2. The van der Waals surface area contributed by atoms with Crippen LogP contribution < -0.4 is 10.5 Å². The topological polar surface area (TPSA) is 55.6 Å². The van der Waals surface area contributed by atoms with E-state index in [1.807, 2.05) is 0 Å². The van der Waals surface area contributed by atoms with Crippen molar-refractivity contribution in [2.45, 2.75) is 18.8 Å². The number of likely N-dealkylation sites (tertiary alicyclic amines) is 1. The molecule has 2 N–H and O–H groups in total. The van der Waals surface area contributed by atoms with Gasteiger partial charge in [-0.15, -0.1) is 0 Å². The summed E-state index contributed by atoms with van der Waals surface area (Å²) in [4.78, 5) is 12.8. The van der Waals surface area contributed by atoms with Gasteiger partial charge in [-0.2, -0.15) is 0 Å². The first-order chi connectivity index (χ1) is 9.45. The molecule has 1 heterocycles. The summed E-state index contributed by atoms with van der Waals surface area (Å²) in [6, 6.07) is 1.28. The average molecular weight is 338 g/mol. The third kappa shape index (κ3) is 2.92. The first-order valence-corrected chi connectivity index (χ1v) is 7.34. The molecular weight excluding hydrogens is 323 g/mol. The number of carbonyl (C=O) groups is 1. The second-order valence-electron chi connectivity index (χ2n) is 4.70. The van der Waals surface area contributed by atoms with Crippen LogP contribution in [-0.4, -0.2) is 31.1 Å². The zero-order chi connectivity index (χ0) is 14.9. The summed E-state index contributed by atoms with van der Waals surface area (Å²) in [5, 5.41) is 1.13. The molecule has 4 nitrogen and oxygen atoms in total. The fourth-order valence-corrected chi connectivity index (χ4v) is 3.27. The number of carbonyl (C=O) groups excluding carboxylic acids is 1. The summed E-state index contributed by atoms with van der Waals surface area (Å²) in [6.07, 6.45) is 1.52. The molecule has 0 aromatic heterocycles. The van der Waals surface area contributed by atoms with Crippen LogP contribution in [0.25, 0.3) is 0 Å². The highest BCUT2D eigenvalue weighted by Crippen LogP contribution is 2.45. The van der Waals surface area contributed by atoms with Gasteiger partial charge in [-0.05, 0) is 18.8 Å². The number of piperidine rings is 1. The number of methoxy groups -OCH3 is 1. The lowest BCUT2D eigenvalue weighted by molar-refractivity contribution is 0.190. The van der Waals surface area contributed by atoms with E-state index in [0.29, 0.717) is 33.9 Å². The first kappa shape index (κ1) is 15.5. The Hall–Kier alpha value is -0.840. The molecule has 0 atom stereocenters. The largest absolute Gasteiger partial charge is 0.496 e. The molecule has 2 rings (SSSR count). The van der Waals surface area contributed by atoms with Crippen molar-refractivity contribution < 1.29 is 9.53 Å². The Morgan fingerprint density at radius 1 is 1.30 bits per heavy atom. The molecule has 1 aliphatic heterocycles. The molecule has 0 bridgehead atoms. The van der Waals surface area contributed by atoms with E-state index in [-0.39, 0.29) is 5.92 Å². The Kier molecular flexibility index (Phi) is 4.89. The monoisotopic (exact) mass is 336 g/mol. The minimum Gasteiger partial charge on any atom is -0.496 e. The molecular formula is C13H15Cl3N2O2. The number of nitrogens with two attached hydrogens (primary N) is 1. The van der Waals surface area contributed by atoms with Gasteiger partial charge in [0, 0.05) is 24.7 Å². The average Bonchev–Trinajstić information content (AvgIpc) is 2.44. The number of nitrogens with zero attached hydrogens (tertiary/aromatic N) is 1. The zero-order valence-corrected chi connectivity index (χ0v) is 13.2. The van der Waals surface area contributed by atoms with E-state index >= 15 is 0 Å². The molecule has 110 valence electrons. The van der Waals surface area contributed by atoms with Crippen LogP contribution in [0.5, 0.6) is 5.75 Å². The number of ether oxygens (including phenoxy) is 1. The molecule has 0 aliphatic carbocycles. The van der Waals surface area contributed by atoms with Crippen molar-refractivity contribution in [3.63, 3.8) is 0 Å². The van der Waals surface area contributed by atoms with Crippen molar-refractivity contribution in [1.29, 1.82) is 0 Å². The second kappa shape index (κ2) is 6.29. The fraction of sp³-hybridized carbons (Fsp3) is 0.462. The summed E-state index contributed by atoms with van der Waals surface area (Å²) >= 11 is 18.4. The van der Waals surface area contributed by atoms with Gasteiger partial charge in [-0.3, -0.25) is 0 Å². The summed E-state index contributed by atoms with van der Waals surface area (Å²) in [5.74, 6) is 0.796. The molecule has 0 unspecified atom stereocenters. The second-order valence-corrected chi connectivity index (χ2v) is 5.86. The summed E-state index contributed by atoms with van der Waals surface area (Å²) in [7, 11) is 1.57. The maximum atomic E-state index is 11.1. The smallest absolute Gasteiger partial charge is 0.314 e. The van der Waals surface area contributed by atoms with Crippen LogP contribution in [0.15, 0.2) is 6.07 Å². The van der Waals surface area contributed by atoms with Gasteiger partial charge in [0.15, 0.2) is 0 Å². The molecule has 2 amide bonds. The van der Waals surface area contributed by atoms with Crippen molar-refractivity contribution in [2.24, 2.45) is 5.73 Å². The maximum Gasteiger partial charge on any atom is 0.314 e. The van der Waals surface area contributed by atoms with E-state index in [1.54, 1.807) is 18.1 Å². The molecule has 1 saturated heterocycles. The van der Waals surface area contributed by atoms with Gasteiger partial charge in [-0.25, -0.2) is 4.79 Å². The zero-order valence-electron chi connectivity index (χ0n) is 11.0. The summed E-state index contributed by atoms with van der Waals surface area (Å²) in [6.45, 7) is 1.19. The van der Waals surface area contributed by atoms with Crippen molar-refractivity contribution in [1.82, 2.24) is 4.90 Å². The number of rotatable bonds is 2. The lowest BCUT2D eigenvalue weighted by Crippen LogP contribution is -2.41. The molecule has 7 heteroatoms. The Morgan fingerprint density at radius 2 is 1.90 bits per heavy atom. The minimum atomic E-state index is -0.393. The van der Waals surface area contributed by atoms with Crippen LogP contribution in [-0.2, 0) is 0 Å². The van der Waals surface area contributed by atoms with E-state index in [1.165, 1.54) is 0 Å². The predicted molar refractivity (Wildman–Crippen MR) is 81.2 cm³/mol.